The minimum absolute atomic E-state index is 0.273. The van der Waals surface area contributed by atoms with Gasteiger partial charge in [-0.15, -0.1) is 0 Å². The van der Waals surface area contributed by atoms with E-state index >= 15 is 0 Å². The zero-order valence-electron chi connectivity index (χ0n) is 16.6. The van der Waals surface area contributed by atoms with Crippen molar-refractivity contribution in [3.05, 3.63) is 90.5 Å². The van der Waals surface area contributed by atoms with Crippen molar-refractivity contribution in [3.8, 4) is 11.5 Å². The third kappa shape index (κ3) is 4.23. The summed E-state index contributed by atoms with van der Waals surface area (Å²) >= 11 is 0. The molecule has 3 aromatic rings. The Morgan fingerprint density at radius 3 is 2.17 bits per heavy atom. The number of carbonyl (C=O) groups is 1. The average Bonchev–Trinajstić information content (AvgIpc) is 3.10. The van der Waals surface area contributed by atoms with Crippen molar-refractivity contribution in [1.82, 2.24) is 5.32 Å². The van der Waals surface area contributed by atoms with Crippen molar-refractivity contribution >= 4 is 11.6 Å². The number of rotatable bonds is 7. The van der Waals surface area contributed by atoms with Gasteiger partial charge in [0.05, 0.1) is 19.2 Å². The highest BCUT2D eigenvalue weighted by Gasteiger charge is 2.47. The van der Waals surface area contributed by atoms with Crippen LogP contribution in [0.2, 0.25) is 0 Å². The largest absolute Gasteiger partial charge is 0.497 e. The van der Waals surface area contributed by atoms with Gasteiger partial charge in [0.1, 0.15) is 17.6 Å². The molecule has 3 N–H and O–H groups in total. The van der Waals surface area contributed by atoms with Gasteiger partial charge in [0.25, 0.3) is 5.91 Å². The summed E-state index contributed by atoms with van der Waals surface area (Å²) in [7, 11) is 1.61. The second-order valence-corrected chi connectivity index (χ2v) is 7.14. The first-order valence-corrected chi connectivity index (χ1v) is 9.81. The summed E-state index contributed by atoms with van der Waals surface area (Å²) in [6, 6.07) is 24.8. The number of para-hydroxylation sites is 1. The van der Waals surface area contributed by atoms with E-state index in [-0.39, 0.29) is 5.91 Å². The normalized spacial score (nSPS) is 21.5. The predicted octanol–water partition coefficient (Wildman–Crippen LogP) is 3.16. The number of hydrogen-bond donors (Lipinski definition) is 3. The standard InChI is InChI=1S/C24H24N2O4/c1-29-18-14-12-17(13-15-18)25-21-20(22(27)16-8-4-2-5-9-16)26-24(28)23(21)30-19-10-6-3-7-11-19/h2-15,20-23,25,27H,1H3,(H,26,28)/t20-,21-,22-,23+/m0/s1. The lowest BCUT2D eigenvalue weighted by molar-refractivity contribution is -0.125. The van der Waals surface area contributed by atoms with Crippen LogP contribution in [0.3, 0.4) is 0 Å². The van der Waals surface area contributed by atoms with Gasteiger partial charge in [0.2, 0.25) is 0 Å². The minimum Gasteiger partial charge on any atom is -0.497 e. The van der Waals surface area contributed by atoms with Gasteiger partial charge in [-0.1, -0.05) is 48.5 Å². The van der Waals surface area contributed by atoms with Gasteiger partial charge in [0, 0.05) is 5.69 Å². The number of methoxy groups -OCH3 is 1. The monoisotopic (exact) mass is 404 g/mol. The Labute approximate surface area is 175 Å². The summed E-state index contributed by atoms with van der Waals surface area (Å²) in [6.07, 6.45) is -1.70. The third-order valence-electron chi connectivity index (χ3n) is 5.19. The van der Waals surface area contributed by atoms with Crippen molar-refractivity contribution in [2.75, 3.05) is 12.4 Å². The first-order chi connectivity index (χ1) is 14.7. The number of hydrogen-bond acceptors (Lipinski definition) is 5. The molecule has 0 spiro atoms. The van der Waals surface area contributed by atoms with Crippen molar-refractivity contribution in [2.24, 2.45) is 0 Å². The summed E-state index contributed by atoms with van der Waals surface area (Å²) in [5, 5.41) is 17.3. The Morgan fingerprint density at radius 2 is 1.53 bits per heavy atom. The van der Waals surface area contributed by atoms with Gasteiger partial charge >= 0.3 is 0 Å². The van der Waals surface area contributed by atoms with Crippen molar-refractivity contribution < 1.29 is 19.4 Å². The molecule has 1 aliphatic rings. The van der Waals surface area contributed by atoms with Gasteiger partial charge in [-0.3, -0.25) is 4.79 Å². The fourth-order valence-electron chi connectivity index (χ4n) is 3.64. The molecule has 0 bridgehead atoms. The van der Waals surface area contributed by atoms with E-state index in [4.69, 9.17) is 9.47 Å². The van der Waals surface area contributed by atoms with Crippen LogP contribution < -0.4 is 20.1 Å². The van der Waals surface area contributed by atoms with Crippen LogP contribution in [-0.4, -0.2) is 36.3 Å². The molecule has 30 heavy (non-hydrogen) atoms. The number of ether oxygens (including phenoxy) is 2. The molecule has 0 unspecified atom stereocenters. The number of amides is 1. The topological polar surface area (TPSA) is 79.8 Å². The highest BCUT2D eigenvalue weighted by Crippen LogP contribution is 2.29. The zero-order chi connectivity index (χ0) is 20.9. The minimum atomic E-state index is -0.893. The number of nitrogens with one attached hydrogen (secondary N) is 2. The molecule has 6 heteroatoms. The van der Waals surface area contributed by atoms with Crippen LogP contribution in [0.25, 0.3) is 0 Å². The van der Waals surface area contributed by atoms with Crippen molar-refractivity contribution in [2.45, 2.75) is 24.3 Å². The second-order valence-electron chi connectivity index (χ2n) is 7.14. The molecule has 0 aromatic heterocycles. The molecule has 6 nitrogen and oxygen atoms in total. The maximum Gasteiger partial charge on any atom is 0.263 e. The van der Waals surface area contributed by atoms with E-state index < -0.39 is 24.3 Å². The first kappa shape index (κ1) is 19.8. The lowest BCUT2D eigenvalue weighted by Crippen LogP contribution is -2.45. The maximum absolute atomic E-state index is 12.8. The molecule has 0 saturated carbocycles. The quantitative estimate of drug-likeness (QED) is 0.564. The van der Waals surface area contributed by atoms with E-state index in [1.54, 1.807) is 19.2 Å². The lowest BCUT2D eigenvalue weighted by Gasteiger charge is -2.28. The molecule has 4 atom stereocenters. The van der Waals surface area contributed by atoms with Crippen LogP contribution in [0.4, 0.5) is 5.69 Å². The number of aliphatic hydroxyl groups excluding tert-OH is 1. The molecule has 1 aliphatic heterocycles. The number of benzene rings is 3. The van der Waals surface area contributed by atoms with Crippen LogP contribution in [0.1, 0.15) is 11.7 Å². The molecule has 4 rings (SSSR count). The van der Waals surface area contributed by atoms with E-state index in [9.17, 15) is 9.90 Å². The molecule has 1 saturated heterocycles. The van der Waals surface area contributed by atoms with Gasteiger partial charge < -0.3 is 25.2 Å². The first-order valence-electron chi connectivity index (χ1n) is 9.81. The molecule has 3 aromatic carbocycles. The van der Waals surface area contributed by atoms with Crippen molar-refractivity contribution in [3.63, 3.8) is 0 Å². The van der Waals surface area contributed by atoms with Crippen LogP contribution in [0.15, 0.2) is 84.9 Å². The molecular formula is C24H24N2O4. The summed E-state index contributed by atoms with van der Waals surface area (Å²) in [4.78, 5) is 12.8. The highest BCUT2D eigenvalue weighted by atomic mass is 16.5. The Hall–Kier alpha value is -3.51. The van der Waals surface area contributed by atoms with Gasteiger partial charge in [-0.2, -0.15) is 0 Å². The molecular weight excluding hydrogens is 380 g/mol. The number of anilines is 1. The zero-order valence-corrected chi connectivity index (χ0v) is 16.6. The second kappa shape index (κ2) is 8.88. The van der Waals surface area contributed by atoms with Crippen LogP contribution in [-0.2, 0) is 4.79 Å². The fraction of sp³-hybridized carbons (Fsp3) is 0.208. The van der Waals surface area contributed by atoms with Crippen LogP contribution in [0, 0.1) is 0 Å². The molecule has 0 aliphatic carbocycles. The Bertz CT molecular complexity index is 964. The lowest BCUT2D eigenvalue weighted by atomic mass is 9.96. The van der Waals surface area contributed by atoms with Gasteiger partial charge in [0.15, 0.2) is 6.10 Å². The number of carbonyl (C=O) groups excluding carboxylic acids is 1. The SMILES string of the molecule is COc1ccc(N[C@H]2[C@@H]([C@@H](O)c3ccccc3)NC(=O)[C@@H]2Oc2ccccc2)cc1. The maximum atomic E-state index is 12.8. The highest BCUT2D eigenvalue weighted by molar-refractivity contribution is 5.86. The average molecular weight is 404 g/mol. The van der Waals surface area contributed by atoms with Crippen molar-refractivity contribution in [1.29, 1.82) is 0 Å². The van der Waals surface area contributed by atoms with Crippen LogP contribution in [0.5, 0.6) is 11.5 Å². The molecule has 1 amide bonds. The molecule has 1 fully saturated rings. The summed E-state index contributed by atoms with van der Waals surface area (Å²) in [6.45, 7) is 0. The fourth-order valence-corrected chi connectivity index (χ4v) is 3.64. The van der Waals surface area contributed by atoms with Crippen LogP contribution >= 0.6 is 0 Å². The third-order valence-corrected chi connectivity index (χ3v) is 5.19. The molecule has 0 radical (unpaired) electrons. The Balaban J connectivity index is 1.63. The van der Waals surface area contributed by atoms with Gasteiger partial charge in [-0.05, 0) is 42.0 Å². The predicted molar refractivity (Wildman–Crippen MR) is 115 cm³/mol. The van der Waals surface area contributed by atoms with E-state index in [0.29, 0.717) is 5.75 Å². The van der Waals surface area contributed by atoms with Gasteiger partial charge in [-0.25, -0.2) is 0 Å². The Morgan fingerprint density at radius 1 is 0.900 bits per heavy atom. The summed E-state index contributed by atoms with van der Waals surface area (Å²) < 4.78 is 11.2. The summed E-state index contributed by atoms with van der Waals surface area (Å²) in [5.41, 5.74) is 1.52. The summed E-state index contributed by atoms with van der Waals surface area (Å²) in [5.74, 6) is 1.05. The number of aliphatic hydroxyl groups is 1. The Kier molecular flexibility index (Phi) is 5.86. The smallest absolute Gasteiger partial charge is 0.263 e. The van der Waals surface area contributed by atoms with E-state index in [2.05, 4.69) is 10.6 Å². The molecule has 1 heterocycles. The molecule has 154 valence electrons. The van der Waals surface area contributed by atoms with E-state index in [1.807, 2.05) is 72.8 Å². The van der Waals surface area contributed by atoms with E-state index in [0.717, 1.165) is 17.0 Å². The van der Waals surface area contributed by atoms with E-state index in [1.165, 1.54) is 0 Å².